The normalized spacial score (nSPS) is 15.3. The van der Waals surface area contributed by atoms with Crippen molar-refractivity contribution >= 4 is 39.9 Å². The van der Waals surface area contributed by atoms with Gasteiger partial charge in [-0.05, 0) is 76.4 Å². The molecule has 1 aliphatic heterocycles. The van der Waals surface area contributed by atoms with E-state index >= 15 is 0 Å². The van der Waals surface area contributed by atoms with Crippen LogP contribution in [-0.2, 0) is 11.2 Å². The van der Waals surface area contributed by atoms with Crippen LogP contribution in [0.1, 0.15) is 61.6 Å². The summed E-state index contributed by atoms with van der Waals surface area (Å²) in [6.45, 7) is 8.87. The van der Waals surface area contributed by atoms with Gasteiger partial charge in [-0.15, -0.1) is 0 Å². The number of hydrogen-bond donors (Lipinski definition) is 1. The molecule has 2 amide bonds. The molecule has 2 aliphatic rings. The van der Waals surface area contributed by atoms with E-state index in [1.165, 1.54) is 29.7 Å². The summed E-state index contributed by atoms with van der Waals surface area (Å²) >= 11 is 1.25. The van der Waals surface area contributed by atoms with Crippen LogP contribution in [0.2, 0.25) is 0 Å². The number of ether oxygens (including phenoxy) is 1. The predicted octanol–water partition coefficient (Wildman–Crippen LogP) is 6.39. The maximum Gasteiger partial charge on any atom is 0.410 e. The lowest BCUT2D eigenvalue weighted by Gasteiger charge is -2.58. The molecule has 1 aromatic carbocycles. The van der Waals surface area contributed by atoms with Gasteiger partial charge in [0.2, 0.25) is 0 Å². The zero-order valence-electron chi connectivity index (χ0n) is 28.4. The second-order valence-corrected chi connectivity index (χ2v) is 14.9. The molecule has 0 atom stereocenters. The number of benzene rings is 1. The largest absolute Gasteiger partial charge is 0.444 e. The minimum Gasteiger partial charge on any atom is -0.444 e. The molecular weight excluding hydrogens is 658 g/mol. The lowest BCUT2D eigenvalue weighted by molar-refractivity contribution is -0.0813. The maximum absolute atomic E-state index is 13.6. The van der Waals surface area contributed by atoms with Crippen LogP contribution in [0.4, 0.5) is 20.1 Å². The van der Waals surface area contributed by atoms with Crippen LogP contribution in [0.15, 0.2) is 55.0 Å². The number of aryl methyl sites for hydroxylation is 1. The smallest absolute Gasteiger partial charge is 0.410 e. The number of rotatable bonds is 7. The van der Waals surface area contributed by atoms with E-state index in [1.807, 2.05) is 62.4 Å². The third kappa shape index (κ3) is 6.24. The number of nitrogens with zero attached hydrogens (tertiary/aromatic N) is 8. The van der Waals surface area contributed by atoms with E-state index in [-0.39, 0.29) is 35.0 Å². The van der Waals surface area contributed by atoms with Crippen LogP contribution < -0.4 is 10.2 Å². The molecule has 5 aromatic rings. The molecule has 0 radical (unpaired) electrons. The highest BCUT2D eigenvalue weighted by Crippen LogP contribution is 2.48. The Kier molecular flexibility index (Phi) is 8.26. The number of fused-ring (bicyclic) bond motifs is 1. The average molecular weight is 694 g/mol. The highest BCUT2D eigenvalue weighted by molar-refractivity contribution is 7.16. The Balaban J connectivity index is 1.05. The molecule has 0 unspecified atom stereocenters. The molecule has 50 heavy (non-hydrogen) atoms. The number of likely N-dealkylation sites (tertiary alicyclic amines) is 1. The predicted molar refractivity (Wildman–Crippen MR) is 187 cm³/mol. The van der Waals surface area contributed by atoms with Gasteiger partial charge in [-0.25, -0.2) is 24.1 Å². The summed E-state index contributed by atoms with van der Waals surface area (Å²) in [7, 11) is 1.88. The summed E-state index contributed by atoms with van der Waals surface area (Å²) in [4.78, 5) is 47.9. The number of amides is 2. The van der Waals surface area contributed by atoms with Crippen molar-refractivity contribution in [3.05, 3.63) is 77.1 Å². The first-order chi connectivity index (χ1) is 23.8. The number of halogens is 1. The van der Waals surface area contributed by atoms with Crippen LogP contribution in [0.3, 0.4) is 0 Å². The van der Waals surface area contributed by atoms with E-state index in [1.54, 1.807) is 23.2 Å². The van der Waals surface area contributed by atoms with E-state index in [0.717, 1.165) is 35.6 Å². The number of nitrogens with one attached hydrogen (secondary N) is 1. The van der Waals surface area contributed by atoms with Crippen LogP contribution in [0, 0.1) is 22.6 Å². The number of aromatic nitrogens is 5. The number of carbonyl (C=O) groups excluding carboxylic acids is 2. The van der Waals surface area contributed by atoms with Gasteiger partial charge in [-0.1, -0.05) is 18.3 Å². The Hall–Kier alpha value is -5.42. The lowest BCUT2D eigenvalue weighted by Crippen LogP contribution is -2.67. The molecule has 0 bridgehead atoms. The first-order valence-corrected chi connectivity index (χ1v) is 17.2. The Morgan fingerprint density at radius 2 is 1.82 bits per heavy atom. The summed E-state index contributed by atoms with van der Waals surface area (Å²) < 4.78 is 21.0. The molecule has 256 valence electrons. The molecule has 5 heterocycles. The fraction of sp³-hybridized carbons (Fsp3) is 0.361. The topological polar surface area (TPSA) is 142 Å². The fourth-order valence-electron chi connectivity index (χ4n) is 6.67. The third-order valence-corrected chi connectivity index (χ3v) is 10.1. The minimum atomic E-state index is -0.526. The first-order valence-electron chi connectivity index (χ1n) is 16.4. The summed E-state index contributed by atoms with van der Waals surface area (Å²) in [6.07, 6.45) is 6.95. The van der Waals surface area contributed by atoms with Crippen molar-refractivity contribution < 1.29 is 18.7 Å². The molecule has 12 nitrogen and oxygen atoms in total. The Morgan fingerprint density at radius 3 is 2.46 bits per heavy atom. The molecule has 14 heteroatoms. The van der Waals surface area contributed by atoms with Crippen molar-refractivity contribution in [1.29, 1.82) is 5.26 Å². The van der Waals surface area contributed by atoms with Crippen molar-refractivity contribution in [1.82, 2.24) is 34.6 Å². The van der Waals surface area contributed by atoms with Gasteiger partial charge in [0.25, 0.3) is 5.91 Å². The fourth-order valence-corrected chi connectivity index (χ4v) is 7.51. The number of pyridine rings is 1. The summed E-state index contributed by atoms with van der Waals surface area (Å²) in [5.41, 5.74) is 3.83. The van der Waals surface area contributed by atoms with E-state index in [0.29, 0.717) is 46.5 Å². The van der Waals surface area contributed by atoms with Gasteiger partial charge in [0, 0.05) is 48.9 Å². The molecule has 1 saturated heterocycles. The van der Waals surface area contributed by atoms with E-state index in [2.05, 4.69) is 21.4 Å². The van der Waals surface area contributed by atoms with Crippen molar-refractivity contribution in [3.8, 4) is 28.6 Å². The summed E-state index contributed by atoms with van der Waals surface area (Å²) in [6, 6.07) is 12.0. The van der Waals surface area contributed by atoms with Crippen molar-refractivity contribution in [2.24, 2.45) is 5.41 Å². The van der Waals surface area contributed by atoms with Gasteiger partial charge >= 0.3 is 6.09 Å². The van der Waals surface area contributed by atoms with Crippen molar-refractivity contribution in [2.45, 2.75) is 58.6 Å². The third-order valence-electron chi connectivity index (χ3n) is 9.02. The Labute approximate surface area is 292 Å². The number of imidazole rings is 1. The zero-order chi connectivity index (χ0) is 35.4. The van der Waals surface area contributed by atoms with Gasteiger partial charge < -0.3 is 19.9 Å². The lowest BCUT2D eigenvalue weighted by atomic mass is 9.61. The standard InChI is InChI=1S/C36H36FN9O3S/c1-6-25-32(44(5)33-43-30(28(15-38)50-33)21-7-10-23(37)11-8-21)46-18-22(9-12-29(46)42-25)26-16-40-27(17-39-26)31(47)41-24-13-36(14-24)19-45(20-36)34(48)49-35(2,3)4/h7-12,16-18,24H,6,13-14,19-20H2,1-5H3,(H,41,47). The van der Waals surface area contributed by atoms with Crippen LogP contribution in [0.25, 0.3) is 28.2 Å². The monoisotopic (exact) mass is 693 g/mol. The molecule has 1 aliphatic carbocycles. The van der Waals surface area contributed by atoms with Crippen molar-refractivity contribution in [2.75, 3.05) is 25.0 Å². The second kappa shape index (κ2) is 12.5. The van der Waals surface area contributed by atoms with Crippen LogP contribution in [-0.4, -0.2) is 73.0 Å². The SMILES string of the molecule is CCc1nc2ccc(-c3cnc(C(=O)NC4CC5(C4)CN(C(=O)OC(C)(C)C)C5)cn3)cn2c1N(C)c1nc(-c2ccc(F)cc2)c(C#N)s1. The molecule has 1 saturated carbocycles. The van der Waals surface area contributed by atoms with E-state index in [4.69, 9.17) is 14.7 Å². The number of nitriles is 1. The number of hydrogen-bond acceptors (Lipinski definition) is 10. The average Bonchev–Trinajstić information content (AvgIpc) is 3.66. The van der Waals surface area contributed by atoms with Crippen LogP contribution in [0.5, 0.6) is 0 Å². The quantitative estimate of drug-likeness (QED) is 0.205. The number of carbonyl (C=O) groups is 2. The minimum absolute atomic E-state index is 0.0189. The molecule has 2 fully saturated rings. The van der Waals surface area contributed by atoms with Gasteiger partial charge in [-0.3, -0.25) is 14.2 Å². The molecular formula is C36H36FN9O3S. The van der Waals surface area contributed by atoms with Gasteiger partial charge in [0.1, 0.15) is 45.2 Å². The Morgan fingerprint density at radius 1 is 1.10 bits per heavy atom. The summed E-state index contributed by atoms with van der Waals surface area (Å²) in [5, 5.41) is 13.5. The maximum atomic E-state index is 13.6. The van der Waals surface area contributed by atoms with Gasteiger partial charge in [0.05, 0.1) is 23.8 Å². The van der Waals surface area contributed by atoms with Gasteiger partial charge in [-0.2, -0.15) is 5.26 Å². The number of anilines is 2. The number of thiazole rings is 1. The summed E-state index contributed by atoms with van der Waals surface area (Å²) in [5.74, 6) is 0.146. The molecule has 4 aromatic heterocycles. The van der Waals surface area contributed by atoms with Crippen LogP contribution >= 0.6 is 11.3 Å². The highest BCUT2D eigenvalue weighted by Gasteiger charge is 2.54. The highest BCUT2D eigenvalue weighted by atomic mass is 32.1. The molecule has 1 spiro atoms. The van der Waals surface area contributed by atoms with Gasteiger partial charge in [0.15, 0.2) is 5.13 Å². The van der Waals surface area contributed by atoms with E-state index < -0.39 is 5.60 Å². The molecule has 1 N–H and O–H groups in total. The zero-order valence-corrected chi connectivity index (χ0v) is 29.2. The second-order valence-electron chi connectivity index (χ2n) is 13.9. The first kappa shape index (κ1) is 33.1. The Bertz CT molecular complexity index is 2130. The molecule has 7 rings (SSSR count). The van der Waals surface area contributed by atoms with E-state index in [9.17, 15) is 19.2 Å². The van der Waals surface area contributed by atoms with Crippen molar-refractivity contribution in [3.63, 3.8) is 0 Å².